The van der Waals surface area contributed by atoms with Gasteiger partial charge in [-0.2, -0.15) is 0 Å². The third kappa shape index (κ3) is 3.93. The van der Waals surface area contributed by atoms with Crippen molar-refractivity contribution in [3.8, 4) is 0 Å². The third-order valence-corrected chi connectivity index (χ3v) is 5.64. The summed E-state index contributed by atoms with van der Waals surface area (Å²) >= 11 is 0. The van der Waals surface area contributed by atoms with Crippen molar-refractivity contribution in [3.05, 3.63) is 65.5 Å². The molecule has 2 heterocycles. The molecule has 128 valence electrons. The van der Waals surface area contributed by atoms with Crippen molar-refractivity contribution in [1.82, 2.24) is 10.1 Å². The predicted molar refractivity (Wildman–Crippen MR) is 93.4 cm³/mol. The molecular weight excluding hydrogens is 323 g/mol. The highest BCUT2D eigenvalue weighted by Gasteiger charge is 2.45. The van der Waals surface area contributed by atoms with Crippen LogP contribution in [0.2, 0.25) is 0 Å². The number of rotatable bonds is 4. The van der Waals surface area contributed by atoms with Gasteiger partial charge in [0.1, 0.15) is 6.10 Å². The number of aromatic nitrogens is 1. The lowest BCUT2D eigenvalue weighted by Crippen LogP contribution is -2.36. The van der Waals surface area contributed by atoms with Crippen LogP contribution in [0.25, 0.3) is 0 Å². The van der Waals surface area contributed by atoms with Crippen LogP contribution in [0.15, 0.2) is 48.8 Å². The molecule has 2 unspecified atom stereocenters. The summed E-state index contributed by atoms with van der Waals surface area (Å²) in [5.74, 6) is 0. The van der Waals surface area contributed by atoms with Gasteiger partial charge in [-0.25, -0.2) is 9.65 Å². The molecule has 5 nitrogen and oxygen atoms in total. The molecule has 24 heavy (non-hydrogen) atoms. The highest BCUT2D eigenvalue weighted by Crippen LogP contribution is 2.58. The van der Waals surface area contributed by atoms with Crippen molar-refractivity contribution < 1.29 is 13.6 Å². The van der Waals surface area contributed by atoms with Crippen molar-refractivity contribution in [2.45, 2.75) is 33.4 Å². The number of pyridine rings is 1. The molecule has 0 radical (unpaired) electrons. The first-order chi connectivity index (χ1) is 11.4. The highest BCUT2D eigenvalue weighted by atomic mass is 31.2. The average Bonchev–Trinajstić information content (AvgIpc) is 2.58. The Morgan fingerprint density at radius 1 is 1.29 bits per heavy atom. The van der Waals surface area contributed by atoms with Crippen LogP contribution in [-0.4, -0.2) is 11.6 Å². The zero-order valence-electron chi connectivity index (χ0n) is 14.2. The quantitative estimate of drug-likeness (QED) is 0.832. The van der Waals surface area contributed by atoms with Gasteiger partial charge < -0.3 is 0 Å². The first kappa shape index (κ1) is 17.3. The Morgan fingerprint density at radius 2 is 2.04 bits per heavy atom. The topological polar surface area (TPSA) is 60.5 Å². The molecule has 2 aromatic rings. The maximum absolute atomic E-state index is 13.0. The molecule has 0 amide bonds. The molecule has 1 saturated heterocycles. The second kappa shape index (κ2) is 6.77. The van der Waals surface area contributed by atoms with Gasteiger partial charge in [0.05, 0.1) is 6.61 Å². The van der Waals surface area contributed by atoms with Gasteiger partial charge in [0.25, 0.3) is 0 Å². The standard InChI is InChI=1S/C18H23N2O3P/c1-14-6-8-16(9-7-14)17-18(2,3)13-22-24(21,23-17)20-12-15-5-4-10-19-11-15/h4-11,17H,12-13H2,1-3H3,(H,20,21). The van der Waals surface area contributed by atoms with E-state index in [4.69, 9.17) is 9.05 Å². The lowest BCUT2D eigenvalue weighted by molar-refractivity contribution is -0.0302. The lowest BCUT2D eigenvalue weighted by Gasteiger charge is -2.41. The summed E-state index contributed by atoms with van der Waals surface area (Å²) in [7, 11) is -3.37. The maximum atomic E-state index is 13.0. The van der Waals surface area contributed by atoms with Crippen LogP contribution in [0.3, 0.4) is 0 Å². The molecule has 3 rings (SSSR count). The summed E-state index contributed by atoms with van der Waals surface area (Å²) in [6, 6.07) is 11.9. The fraction of sp³-hybridized carbons (Fsp3) is 0.389. The van der Waals surface area contributed by atoms with Crippen molar-refractivity contribution in [3.63, 3.8) is 0 Å². The summed E-state index contributed by atoms with van der Waals surface area (Å²) in [6.07, 6.45) is 3.14. The van der Waals surface area contributed by atoms with Crippen LogP contribution >= 0.6 is 7.75 Å². The van der Waals surface area contributed by atoms with Gasteiger partial charge in [0.2, 0.25) is 0 Å². The first-order valence-electron chi connectivity index (χ1n) is 8.02. The Hall–Kier alpha value is -1.52. The second-order valence-corrected chi connectivity index (χ2v) is 8.63. The Kier molecular flexibility index (Phi) is 4.88. The minimum Gasteiger partial charge on any atom is -0.296 e. The van der Waals surface area contributed by atoms with E-state index in [2.05, 4.69) is 23.9 Å². The minimum absolute atomic E-state index is 0.265. The molecule has 0 spiro atoms. The fourth-order valence-corrected chi connectivity index (χ4v) is 4.46. The molecule has 0 aliphatic carbocycles. The van der Waals surface area contributed by atoms with Crippen LogP contribution in [0.1, 0.15) is 36.6 Å². The number of nitrogens with zero attached hydrogens (tertiary/aromatic N) is 1. The van der Waals surface area contributed by atoms with Gasteiger partial charge in [-0.3, -0.25) is 14.0 Å². The molecule has 0 saturated carbocycles. The zero-order valence-corrected chi connectivity index (χ0v) is 15.1. The Morgan fingerprint density at radius 3 is 2.71 bits per heavy atom. The van der Waals surface area contributed by atoms with E-state index in [-0.39, 0.29) is 11.5 Å². The Balaban J connectivity index is 1.76. The van der Waals surface area contributed by atoms with E-state index in [9.17, 15) is 4.57 Å². The van der Waals surface area contributed by atoms with Crippen molar-refractivity contribution in [2.24, 2.45) is 5.41 Å². The minimum atomic E-state index is -3.37. The van der Waals surface area contributed by atoms with Gasteiger partial charge in [0.15, 0.2) is 0 Å². The molecule has 0 bridgehead atoms. The van der Waals surface area contributed by atoms with Crippen LogP contribution in [0, 0.1) is 12.3 Å². The molecule has 1 aliphatic heterocycles. The number of hydrogen-bond donors (Lipinski definition) is 1. The van der Waals surface area contributed by atoms with Gasteiger partial charge in [-0.15, -0.1) is 0 Å². The van der Waals surface area contributed by atoms with Gasteiger partial charge in [-0.05, 0) is 24.1 Å². The predicted octanol–water partition coefficient (Wildman–Crippen LogP) is 4.40. The first-order valence-corrected chi connectivity index (χ1v) is 9.56. The van der Waals surface area contributed by atoms with E-state index in [0.29, 0.717) is 13.2 Å². The van der Waals surface area contributed by atoms with E-state index in [0.717, 1.165) is 11.1 Å². The lowest BCUT2D eigenvalue weighted by atomic mass is 9.83. The number of nitrogens with one attached hydrogen (secondary N) is 1. The van der Waals surface area contributed by atoms with Crippen LogP contribution in [0.5, 0.6) is 0 Å². The van der Waals surface area contributed by atoms with Gasteiger partial charge >= 0.3 is 7.75 Å². The monoisotopic (exact) mass is 346 g/mol. The van der Waals surface area contributed by atoms with Crippen LogP contribution in [-0.2, 0) is 20.2 Å². The normalized spacial score (nSPS) is 26.2. The smallest absolute Gasteiger partial charge is 0.296 e. The fourth-order valence-electron chi connectivity index (χ4n) is 2.67. The van der Waals surface area contributed by atoms with Crippen molar-refractivity contribution in [2.75, 3.05) is 6.61 Å². The van der Waals surface area contributed by atoms with E-state index in [1.165, 1.54) is 5.56 Å². The SMILES string of the molecule is Cc1ccc(C2OP(=O)(NCc3cccnc3)OCC2(C)C)cc1. The molecule has 1 aliphatic rings. The van der Waals surface area contributed by atoms with Crippen molar-refractivity contribution >= 4 is 7.75 Å². The average molecular weight is 346 g/mol. The maximum Gasteiger partial charge on any atom is 0.406 e. The molecule has 1 aromatic heterocycles. The Labute approximate surface area is 143 Å². The summed E-state index contributed by atoms with van der Waals surface area (Å²) < 4.78 is 24.5. The number of hydrogen-bond acceptors (Lipinski definition) is 4. The van der Waals surface area contributed by atoms with Crippen molar-refractivity contribution in [1.29, 1.82) is 0 Å². The molecular formula is C18H23N2O3P. The highest BCUT2D eigenvalue weighted by molar-refractivity contribution is 7.51. The molecule has 1 N–H and O–H groups in total. The van der Waals surface area contributed by atoms with Crippen LogP contribution < -0.4 is 5.09 Å². The molecule has 1 fully saturated rings. The van der Waals surface area contributed by atoms with E-state index in [1.807, 2.05) is 43.3 Å². The Bertz CT molecular complexity index is 732. The molecule has 2 atom stereocenters. The largest absolute Gasteiger partial charge is 0.406 e. The number of aryl methyl sites for hydroxylation is 1. The number of benzene rings is 1. The molecule has 1 aromatic carbocycles. The summed E-state index contributed by atoms with van der Waals surface area (Å²) in [6.45, 7) is 6.90. The van der Waals surface area contributed by atoms with Crippen LogP contribution in [0.4, 0.5) is 0 Å². The van der Waals surface area contributed by atoms with Gasteiger partial charge in [0, 0.05) is 24.4 Å². The van der Waals surface area contributed by atoms with E-state index < -0.39 is 7.75 Å². The third-order valence-electron chi connectivity index (χ3n) is 4.14. The molecule has 6 heteroatoms. The zero-order chi connectivity index (χ0) is 17.2. The van der Waals surface area contributed by atoms with E-state index >= 15 is 0 Å². The summed E-state index contributed by atoms with van der Waals surface area (Å²) in [5.41, 5.74) is 2.86. The van der Waals surface area contributed by atoms with Gasteiger partial charge in [-0.1, -0.05) is 49.7 Å². The summed E-state index contributed by atoms with van der Waals surface area (Å²) in [5, 5.41) is 2.93. The van der Waals surface area contributed by atoms with E-state index in [1.54, 1.807) is 12.4 Å². The second-order valence-electron chi connectivity index (χ2n) is 6.85. The summed E-state index contributed by atoms with van der Waals surface area (Å²) in [4.78, 5) is 4.05.